The number of hydrogen-bond donors (Lipinski definition) is 2. The van der Waals surface area contributed by atoms with Crippen LogP contribution in [0.15, 0.2) is 16.8 Å². The summed E-state index contributed by atoms with van der Waals surface area (Å²) in [7, 11) is 0. The topological polar surface area (TPSA) is 75.6 Å². The number of carboxylic acids is 1. The molecule has 0 saturated carbocycles. The number of nitrogens with one attached hydrogen (secondary N) is 1. The zero-order valence-corrected chi connectivity index (χ0v) is 12.1. The van der Waals surface area contributed by atoms with E-state index in [0.29, 0.717) is 38.9 Å². The van der Waals surface area contributed by atoms with Crippen LogP contribution in [-0.2, 0) is 20.7 Å². The Morgan fingerprint density at radius 1 is 1.40 bits per heavy atom. The van der Waals surface area contributed by atoms with Crippen LogP contribution >= 0.6 is 11.3 Å². The van der Waals surface area contributed by atoms with Crippen LogP contribution in [0, 0.1) is 0 Å². The van der Waals surface area contributed by atoms with E-state index in [1.165, 1.54) is 0 Å². The minimum atomic E-state index is -0.884. The Bertz CT molecular complexity index is 452. The lowest BCUT2D eigenvalue weighted by molar-refractivity contribution is -0.140. The molecule has 1 aromatic heterocycles. The number of aryl methyl sites for hydroxylation is 1. The number of hydrogen-bond acceptors (Lipinski definition) is 4. The molecule has 1 aliphatic heterocycles. The van der Waals surface area contributed by atoms with Crippen molar-refractivity contribution in [3.63, 3.8) is 0 Å². The lowest BCUT2D eigenvalue weighted by atomic mass is 9.86. The van der Waals surface area contributed by atoms with Crippen molar-refractivity contribution >= 4 is 23.2 Å². The average molecular weight is 297 g/mol. The summed E-state index contributed by atoms with van der Waals surface area (Å²) in [5.74, 6) is -0.968. The molecule has 0 spiro atoms. The lowest BCUT2D eigenvalue weighted by Gasteiger charge is -2.36. The van der Waals surface area contributed by atoms with Gasteiger partial charge in [-0.05, 0) is 41.7 Å². The van der Waals surface area contributed by atoms with Crippen LogP contribution in [0.1, 0.15) is 31.2 Å². The highest BCUT2D eigenvalue weighted by molar-refractivity contribution is 7.07. The van der Waals surface area contributed by atoms with Crippen LogP contribution in [-0.4, -0.2) is 35.7 Å². The second-order valence-corrected chi connectivity index (χ2v) is 5.92. The van der Waals surface area contributed by atoms with E-state index in [2.05, 4.69) is 5.32 Å². The van der Waals surface area contributed by atoms with E-state index in [0.717, 1.165) is 5.56 Å². The fraction of sp³-hybridized carbons (Fsp3) is 0.571. The van der Waals surface area contributed by atoms with E-state index >= 15 is 0 Å². The minimum absolute atomic E-state index is 0.0411. The van der Waals surface area contributed by atoms with Crippen LogP contribution in [0.5, 0.6) is 0 Å². The third-order valence-electron chi connectivity index (χ3n) is 3.56. The molecule has 1 amide bonds. The largest absolute Gasteiger partial charge is 0.481 e. The number of amides is 1. The van der Waals surface area contributed by atoms with Crippen molar-refractivity contribution in [3.8, 4) is 0 Å². The highest BCUT2D eigenvalue weighted by atomic mass is 32.1. The summed E-state index contributed by atoms with van der Waals surface area (Å²) in [5.41, 5.74) is 0.500. The zero-order valence-electron chi connectivity index (χ0n) is 11.3. The van der Waals surface area contributed by atoms with Crippen molar-refractivity contribution in [1.82, 2.24) is 5.32 Å². The second-order valence-electron chi connectivity index (χ2n) is 5.14. The van der Waals surface area contributed by atoms with Gasteiger partial charge in [-0.25, -0.2) is 0 Å². The first-order valence-corrected chi connectivity index (χ1v) is 7.66. The molecule has 6 heteroatoms. The monoisotopic (exact) mass is 297 g/mol. The van der Waals surface area contributed by atoms with Gasteiger partial charge in [-0.2, -0.15) is 11.3 Å². The molecule has 110 valence electrons. The normalized spacial score (nSPS) is 17.6. The van der Waals surface area contributed by atoms with Crippen molar-refractivity contribution in [1.29, 1.82) is 0 Å². The van der Waals surface area contributed by atoms with E-state index in [1.807, 2.05) is 16.8 Å². The van der Waals surface area contributed by atoms with Crippen LogP contribution in [0.4, 0.5) is 0 Å². The third-order valence-corrected chi connectivity index (χ3v) is 4.30. The summed E-state index contributed by atoms with van der Waals surface area (Å²) in [5, 5.41) is 16.0. The highest BCUT2D eigenvalue weighted by Gasteiger charge is 2.36. The first kappa shape index (κ1) is 15.0. The smallest absolute Gasteiger partial charge is 0.305 e. The van der Waals surface area contributed by atoms with Crippen LogP contribution in [0.25, 0.3) is 0 Å². The highest BCUT2D eigenvalue weighted by Crippen LogP contribution is 2.25. The molecular weight excluding hydrogens is 278 g/mol. The molecule has 2 heterocycles. The van der Waals surface area contributed by atoms with E-state index in [1.54, 1.807) is 11.3 Å². The number of aliphatic carboxylic acids is 1. The predicted molar refractivity (Wildman–Crippen MR) is 75.8 cm³/mol. The van der Waals surface area contributed by atoms with E-state index in [-0.39, 0.29) is 12.3 Å². The fourth-order valence-electron chi connectivity index (χ4n) is 2.45. The summed E-state index contributed by atoms with van der Waals surface area (Å²) in [6.45, 7) is 0.996. The van der Waals surface area contributed by atoms with Gasteiger partial charge in [0.15, 0.2) is 0 Å². The van der Waals surface area contributed by atoms with Crippen molar-refractivity contribution in [3.05, 3.63) is 22.4 Å². The zero-order chi connectivity index (χ0) is 14.4. The molecule has 20 heavy (non-hydrogen) atoms. The average Bonchev–Trinajstić information content (AvgIpc) is 2.89. The molecule has 1 saturated heterocycles. The van der Waals surface area contributed by atoms with Gasteiger partial charge in [0.05, 0.1) is 12.0 Å². The molecule has 2 N–H and O–H groups in total. The van der Waals surface area contributed by atoms with Crippen molar-refractivity contribution in [2.24, 2.45) is 0 Å². The van der Waals surface area contributed by atoms with Crippen LogP contribution in [0.2, 0.25) is 0 Å². The first-order chi connectivity index (χ1) is 9.60. The van der Waals surface area contributed by atoms with E-state index < -0.39 is 11.5 Å². The summed E-state index contributed by atoms with van der Waals surface area (Å²) >= 11 is 1.61. The van der Waals surface area contributed by atoms with Gasteiger partial charge in [-0.1, -0.05) is 0 Å². The van der Waals surface area contributed by atoms with Gasteiger partial charge in [0.25, 0.3) is 0 Å². The number of carboxylic acid groups (broad SMARTS) is 1. The quantitative estimate of drug-likeness (QED) is 0.840. The Kier molecular flexibility index (Phi) is 5.14. The molecule has 1 aromatic rings. The Labute approximate surface area is 121 Å². The molecule has 1 fully saturated rings. The fourth-order valence-corrected chi connectivity index (χ4v) is 3.15. The van der Waals surface area contributed by atoms with Crippen molar-refractivity contribution in [2.45, 2.75) is 37.6 Å². The van der Waals surface area contributed by atoms with Crippen molar-refractivity contribution < 1.29 is 19.4 Å². The predicted octanol–water partition coefficient (Wildman–Crippen LogP) is 1.82. The van der Waals surface area contributed by atoms with E-state index in [9.17, 15) is 9.59 Å². The molecule has 0 aromatic carbocycles. The van der Waals surface area contributed by atoms with Crippen molar-refractivity contribution in [2.75, 3.05) is 13.2 Å². The Balaban J connectivity index is 1.89. The Hall–Kier alpha value is -1.40. The summed E-state index contributed by atoms with van der Waals surface area (Å²) in [4.78, 5) is 23.1. The number of rotatable bonds is 6. The number of carbonyl (C=O) groups is 2. The summed E-state index contributed by atoms with van der Waals surface area (Å²) in [6.07, 6.45) is 2.15. The number of ether oxygens (including phenoxy) is 1. The van der Waals surface area contributed by atoms with Crippen LogP contribution < -0.4 is 5.32 Å². The maximum atomic E-state index is 12.1. The van der Waals surface area contributed by atoms with Gasteiger partial charge in [0.2, 0.25) is 5.91 Å². The molecular formula is C14H19NO4S. The second kappa shape index (κ2) is 6.85. The van der Waals surface area contributed by atoms with Gasteiger partial charge in [-0.3, -0.25) is 9.59 Å². The molecule has 0 bridgehead atoms. The van der Waals surface area contributed by atoms with Crippen LogP contribution in [0.3, 0.4) is 0 Å². The maximum absolute atomic E-state index is 12.1. The van der Waals surface area contributed by atoms with Gasteiger partial charge in [0.1, 0.15) is 0 Å². The maximum Gasteiger partial charge on any atom is 0.305 e. The van der Waals surface area contributed by atoms with Gasteiger partial charge < -0.3 is 15.2 Å². The molecule has 1 aliphatic rings. The molecule has 2 rings (SSSR count). The number of carbonyl (C=O) groups excluding carboxylic acids is 1. The third kappa shape index (κ3) is 4.31. The first-order valence-electron chi connectivity index (χ1n) is 6.71. The molecule has 0 unspecified atom stereocenters. The van der Waals surface area contributed by atoms with E-state index in [4.69, 9.17) is 9.84 Å². The van der Waals surface area contributed by atoms with Gasteiger partial charge >= 0.3 is 5.97 Å². The molecule has 0 radical (unpaired) electrons. The Morgan fingerprint density at radius 2 is 2.15 bits per heavy atom. The summed E-state index contributed by atoms with van der Waals surface area (Å²) in [6, 6.07) is 2.00. The molecule has 0 aliphatic carbocycles. The van der Waals surface area contributed by atoms with Gasteiger partial charge in [0, 0.05) is 19.6 Å². The minimum Gasteiger partial charge on any atom is -0.481 e. The molecule has 5 nitrogen and oxygen atoms in total. The SMILES string of the molecule is O=C(O)CC1(NC(=O)CCc2ccsc2)CCOCC1. The Morgan fingerprint density at radius 3 is 2.75 bits per heavy atom. The molecule has 0 atom stereocenters. The number of thiophene rings is 1. The summed E-state index contributed by atoms with van der Waals surface area (Å²) < 4.78 is 5.26. The lowest BCUT2D eigenvalue weighted by Crippen LogP contribution is -2.53. The van der Waals surface area contributed by atoms with Gasteiger partial charge in [-0.15, -0.1) is 0 Å². The standard InChI is InChI=1S/C14H19NO4S/c16-12(2-1-11-3-8-20-10-11)15-14(9-13(17)18)4-6-19-7-5-14/h3,8,10H,1-2,4-7,9H2,(H,15,16)(H,17,18).